The number of piperazine rings is 1. The summed E-state index contributed by atoms with van der Waals surface area (Å²) < 4.78 is 100. The number of hydrogen-bond acceptors (Lipinski definition) is 9. The predicted octanol–water partition coefficient (Wildman–Crippen LogP) is 4.43. The lowest BCUT2D eigenvalue weighted by atomic mass is 9.95. The van der Waals surface area contributed by atoms with Gasteiger partial charge in [-0.05, 0) is 33.0 Å². The van der Waals surface area contributed by atoms with Crippen molar-refractivity contribution in [3.63, 3.8) is 0 Å². The maximum absolute atomic E-state index is 17.0. The van der Waals surface area contributed by atoms with Crippen LogP contribution in [0.25, 0.3) is 32.2 Å². The second kappa shape index (κ2) is 10.5. The van der Waals surface area contributed by atoms with Crippen LogP contribution in [0.1, 0.15) is 15.1 Å². The molecule has 2 aromatic carbocycles. The van der Waals surface area contributed by atoms with Crippen LogP contribution in [0, 0.1) is 17.5 Å². The van der Waals surface area contributed by atoms with Crippen LogP contribution in [0.4, 0.5) is 29.7 Å². The van der Waals surface area contributed by atoms with E-state index in [9.17, 15) is 14.0 Å². The summed E-state index contributed by atoms with van der Waals surface area (Å²) in [6.07, 6.45) is -0.173. The van der Waals surface area contributed by atoms with Crippen LogP contribution in [0.5, 0.6) is 5.88 Å². The molecular weight excluding hydrogens is 631 g/mol. The molecule has 2 N–H and O–H groups in total. The zero-order valence-electron chi connectivity index (χ0n) is 29.4. The van der Waals surface area contributed by atoms with Crippen LogP contribution in [-0.4, -0.2) is 89.9 Å². The number of hydrogen-bond donors (Lipinski definition) is 1. The first-order chi connectivity index (χ1) is 23.8. The molecule has 3 atom stereocenters. The molecule has 2 amide bonds. The highest BCUT2D eigenvalue weighted by Crippen LogP contribution is 2.52. The minimum atomic E-state index is -3.09. The summed E-state index contributed by atoms with van der Waals surface area (Å²) in [4.78, 5) is 40.1. The number of nitrogens with two attached hydrogens (primary N) is 1. The van der Waals surface area contributed by atoms with Crippen LogP contribution in [0.3, 0.4) is 0 Å². The molecule has 0 bridgehead atoms. The van der Waals surface area contributed by atoms with Crippen molar-refractivity contribution in [1.29, 1.82) is 0 Å². The summed E-state index contributed by atoms with van der Waals surface area (Å²) >= 11 is 7.45. The molecule has 4 aromatic rings. The molecule has 0 saturated carbocycles. The lowest BCUT2D eigenvalue weighted by Crippen LogP contribution is -2.67. The Labute approximate surface area is 272 Å². The Kier molecular flexibility index (Phi) is 5.40. The number of benzene rings is 2. The highest BCUT2D eigenvalue weighted by atomic mass is 35.5. The molecule has 2 aromatic heterocycles. The number of aromatic nitrogens is 2. The van der Waals surface area contributed by atoms with Gasteiger partial charge in [-0.15, -0.1) is 0 Å². The van der Waals surface area contributed by atoms with Crippen LogP contribution < -0.4 is 20.3 Å². The van der Waals surface area contributed by atoms with E-state index in [0.717, 1.165) is 17.4 Å². The fourth-order valence-electron chi connectivity index (χ4n) is 6.42. The molecule has 0 unspecified atom stereocenters. The number of carbonyl (C=O) groups is 2. The highest BCUT2D eigenvalue weighted by molar-refractivity contribution is 7.22. The molecule has 0 spiro atoms. The predicted molar refractivity (Wildman–Crippen MR) is 167 cm³/mol. The maximum Gasteiger partial charge on any atom is 0.251 e. The third kappa shape index (κ3) is 4.41. The Morgan fingerprint density at radius 1 is 1.20 bits per heavy atom. The smallest absolute Gasteiger partial charge is 0.251 e. The fraction of sp³-hybridized carbons (Fsp3) is 0.333. The Morgan fingerprint density at radius 3 is 2.71 bits per heavy atom. The van der Waals surface area contributed by atoms with E-state index >= 15 is 8.78 Å². The number of halogens is 4. The number of pyridine rings is 1. The van der Waals surface area contributed by atoms with E-state index < -0.39 is 84.6 Å². The summed E-state index contributed by atoms with van der Waals surface area (Å²) in [7, 11) is 0. The summed E-state index contributed by atoms with van der Waals surface area (Å²) in [6, 6.07) is 0.389. The Morgan fingerprint density at radius 2 is 1.98 bits per heavy atom. The molecule has 5 heterocycles. The lowest BCUT2D eigenvalue weighted by molar-refractivity contribution is -0.131. The monoisotopic (exact) mass is 663 g/mol. The van der Waals surface area contributed by atoms with Gasteiger partial charge in [0.15, 0.2) is 10.9 Å². The first-order valence-electron chi connectivity index (χ1n) is 16.7. The normalized spacial score (nSPS) is 23.5. The summed E-state index contributed by atoms with van der Waals surface area (Å²) in [6.45, 7) is -1.94. The average Bonchev–Trinajstić information content (AvgIpc) is 3.43. The number of thiazole rings is 1. The van der Waals surface area contributed by atoms with Crippen molar-refractivity contribution >= 4 is 72.4 Å². The van der Waals surface area contributed by atoms with Gasteiger partial charge in [-0.25, -0.2) is 23.1 Å². The van der Waals surface area contributed by atoms with Crippen molar-refractivity contribution in [2.45, 2.75) is 25.1 Å². The van der Waals surface area contributed by atoms with Crippen molar-refractivity contribution in [3.8, 4) is 17.0 Å². The average molecular weight is 664 g/mol. The summed E-state index contributed by atoms with van der Waals surface area (Å²) in [5.41, 5.74) is 4.49. The Hall–Kier alpha value is -4.14. The molecule has 234 valence electrons. The van der Waals surface area contributed by atoms with Crippen LogP contribution in [-0.2, 0) is 9.59 Å². The number of carbonyl (C=O) groups excluding carboxylic acids is 2. The van der Waals surface area contributed by atoms with Gasteiger partial charge in [0.25, 0.3) is 5.91 Å². The first kappa shape index (κ1) is 23.2. The van der Waals surface area contributed by atoms with E-state index in [4.69, 9.17) is 30.3 Å². The molecule has 7 rings (SSSR count). The number of nitrogen functional groups attached to an aromatic ring is 1. The second-order valence-corrected chi connectivity index (χ2v) is 12.5. The minimum absolute atomic E-state index is 0.0803. The van der Waals surface area contributed by atoms with E-state index in [2.05, 4.69) is 16.5 Å². The zero-order chi connectivity index (χ0) is 37.1. The second-order valence-electron chi connectivity index (χ2n) is 11.0. The van der Waals surface area contributed by atoms with Crippen LogP contribution >= 0.6 is 22.9 Å². The van der Waals surface area contributed by atoms with Crippen LogP contribution in [0.2, 0.25) is 5.02 Å². The van der Waals surface area contributed by atoms with Gasteiger partial charge in [0.1, 0.15) is 35.0 Å². The largest absolute Gasteiger partial charge is 0.470 e. The van der Waals surface area contributed by atoms with Gasteiger partial charge in [-0.2, -0.15) is 0 Å². The molecule has 0 radical (unpaired) electrons. The Balaban J connectivity index is 1.47. The minimum Gasteiger partial charge on any atom is -0.470 e. The number of rotatable bonds is 4. The van der Waals surface area contributed by atoms with Crippen molar-refractivity contribution in [1.82, 2.24) is 19.8 Å². The standard InChI is InChI=1S/C30H27ClF3N7O3S/c1-5-19(42)39-11-18-29(43)41-10-13(9-38(3)4)44-28-26(41)25(40(18)8-12(39)2)14-6-15(31)20(22(34)23(14)36-28)21-16(32)7-17(33)27-24(21)37-30(35)45-27/h5-7,12-13,18H,1,8-11H2,2-4H3,(H2,35,37)/t12-,13-,18-/m1/s1/i3D3,4D3. The fourth-order valence-corrected chi connectivity index (χ4v) is 7.46. The third-order valence-electron chi connectivity index (χ3n) is 8.28. The van der Waals surface area contributed by atoms with Gasteiger partial charge in [0.05, 0.1) is 34.0 Å². The molecule has 1 saturated heterocycles. The van der Waals surface area contributed by atoms with E-state index in [1.54, 1.807) is 11.8 Å². The molecular formula is C30H27ClF3N7O3S. The molecule has 1 fully saturated rings. The number of anilines is 3. The quantitative estimate of drug-likeness (QED) is 0.320. The van der Waals surface area contributed by atoms with E-state index in [1.807, 2.05) is 0 Å². The van der Waals surface area contributed by atoms with E-state index in [-0.39, 0.29) is 67.5 Å². The lowest BCUT2D eigenvalue weighted by Gasteiger charge is -2.52. The van der Waals surface area contributed by atoms with Gasteiger partial charge < -0.3 is 30.1 Å². The maximum atomic E-state index is 17.0. The van der Waals surface area contributed by atoms with Crippen molar-refractivity contribution in [2.24, 2.45) is 0 Å². The first-order valence-corrected chi connectivity index (χ1v) is 14.9. The number of ether oxygens (including phenoxy) is 1. The molecule has 3 aliphatic heterocycles. The van der Waals surface area contributed by atoms with Crippen molar-refractivity contribution in [2.75, 3.05) is 55.7 Å². The van der Waals surface area contributed by atoms with Gasteiger partial charge in [-0.3, -0.25) is 9.59 Å². The van der Waals surface area contributed by atoms with Crippen LogP contribution in [0.15, 0.2) is 24.8 Å². The SMILES string of the molecule is [2H]C([2H])([2H])N(C[C@@H]1CN2C(=O)[C@H]3CN(C(=O)C=C)[C@H](C)CN3c3c2c(nc2c(F)c(-c4c(F)cc(F)c5sc(N)nc45)c(Cl)cc32)O1)C([2H])([2H])[2H]. The summed E-state index contributed by atoms with van der Waals surface area (Å²) in [5, 5.41) is -0.319. The van der Waals surface area contributed by atoms with E-state index in [0.29, 0.717) is 6.07 Å². The Bertz CT molecular complexity index is 2170. The number of likely N-dealkylation sites (N-methyl/N-ethyl adjacent to an activating group) is 1. The molecule has 45 heavy (non-hydrogen) atoms. The van der Waals surface area contributed by atoms with Gasteiger partial charge in [0.2, 0.25) is 11.8 Å². The molecule has 10 nitrogen and oxygen atoms in total. The van der Waals surface area contributed by atoms with E-state index in [1.165, 1.54) is 15.9 Å². The molecule has 0 aliphatic carbocycles. The van der Waals surface area contributed by atoms with Gasteiger partial charge in [-0.1, -0.05) is 29.5 Å². The molecule has 3 aliphatic rings. The third-order valence-corrected chi connectivity index (χ3v) is 9.47. The van der Waals surface area contributed by atoms with Gasteiger partial charge >= 0.3 is 0 Å². The number of amides is 2. The zero-order valence-corrected chi connectivity index (χ0v) is 25.0. The van der Waals surface area contributed by atoms with Gasteiger partial charge in [0, 0.05) is 49.9 Å². The number of fused-ring (bicyclic) bond motifs is 5. The highest BCUT2D eigenvalue weighted by Gasteiger charge is 2.49. The number of nitrogens with zero attached hydrogens (tertiary/aromatic N) is 6. The summed E-state index contributed by atoms with van der Waals surface area (Å²) in [5.74, 6) is -4.58. The topological polar surface area (TPSA) is 108 Å². The molecule has 15 heteroatoms. The van der Waals surface area contributed by atoms with Crippen molar-refractivity contribution in [3.05, 3.63) is 47.3 Å². The van der Waals surface area contributed by atoms with Crippen molar-refractivity contribution < 1.29 is 35.7 Å².